The standard InChI is InChI=1S/C8H10FNO2S/c1-12-6-3-4-8(7(9)5-6)13(2,10)11/h3-5,10H,1-2H3. The van der Waals surface area contributed by atoms with Crippen LogP contribution in [0, 0.1) is 10.6 Å². The van der Waals surface area contributed by atoms with Gasteiger partial charge in [0.2, 0.25) is 0 Å². The van der Waals surface area contributed by atoms with Crippen LogP contribution >= 0.6 is 0 Å². The Morgan fingerprint density at radius 1 is 1.54 bits per heavy atom. The van der Waals surface area contributed by atoms with Gasteiger partial charge in [-0.2, -0.15) is 0 Å². The van der Waals surface area contributed by atoms with Gasteiger partial charge < -0.3 is 4.74 Å². The SMILES string of the molecule is COc1ccc(S(C)(=N)=O)c(F)c1. The first-order valence-corrected chi connectivity index (χ1v) is 5.49. The first-order valence-electron chi connectivity index (χ1n) is 3.52. The fourth-order valence-electron chi connectivity index (χ4n) is 0.924. The Kier molecular flexibility index (Phi) is 2.56. The maximum absolute atomic E-state index is 13.2. The van der Waals surface area contributed by atoms with Gasteiger partial charge in [0, 0.05) is 12.3 Å². The van der Waals surface area contributed by atoms with Crippen LogP contribution in [0.15, 0.2) is 23.1 Å². The van der Waals surface area contributed by atoms with Gasteiger partial charge in [-0.25, -0.2) is 13.4 Å². The van der Waals surface area contributed by atoms with Crippen molar-refractivity contribution < 1.29 is 13.3 Å². The minimum atomic E-state index is -2.99. The van der Waals surface area contributed by atoms with Crippen molar-refractivity contribution in [3.63, 3.8) is 0 Å². The lowest BCUT2D eigenvalue weighted by molar-refractivity contribution is 0.410. The van der Waals surface area contributed by atoms with Crippen LogP contribution in [0.25, 0.3) is 0 Å². The molecule has 1 aromatic rings. The van der Waals surface area contributed by atoms with Crippen LogP contribution in [0.4, 0.5) is 4.39 Å². The fourth-order valence-corrected chi connectivity index (χ4v) is 1.68. The van der Waals surface area contributed by atoms with Gasteiger partial charge in [0.1, 0.15) is 11.6 Å². The highest BCUT2D eigenvalue weighted by atomic mass is 32.2. The Balaban J connectivity index is 3.29. The number of ether oxygens (including phenoxy) is 1. The van der Waals surface area contributed by atoms with Gasteiger partial charge >= 0.3 is 0 Å². The number of hydrogen-bond acceptors (Lipinski definition) is 3. The Hall–Kier alpha value is -1.10. The second-order valence-corrected chi connectivity index (χ2v) is 4.77. The van der Waals surface area contributed by atoms with Crippen LogP contribution in [-0.2, 0) is 9.73 Å². The average molecular weight is 203 g/mol. The van der Waals surface area contributed by atoms with E-state index in [1.165, 1.54) is 25.5 Å². The van der Waals surface area contributed by atoms with E-state index in [0.717, 1.165) is 6.07 Å². The number of nitrogens with one attached hydrogen (secondary N) is 1. The van der Waals surface area contributed by atoms with E-state index in [1.807, 2.05) is 0 Å². The minimum Gasteiger partial charge on any atom is -0.497 e. The smallest absolute Gasteiger partial charge is 0.143 e. The molecule has 0 saturated heterocycles. The molecule has 0 aliphatic rings. The highest BCUT2D eigenvalue weighted by molar-refractivity contribution is 7.91. The number of halogens is 1. The molecule has 1 rings (SSSR count). The molecule has 0 spiro atoms. The van der Waals surface area contributed by atoms with E-state index < -0.39 is 15.5 Å². The molecule has 0 saturated carbocycles. The van der Waals surface area contributed by atoms with Crippen LogP contribution in [-0.4, -0.2) is 17.6 Å². The molecule has 13 heavy (non-hydrogen) atoms. The van der Waals surface area contributed by atoms with Crippen molar-refractivity contribution >= 4 is 9.73 Å². The van der Waals surface area contributed by atoms with Crippen molar-refractivity contribution in [3.8, 4) is 5.75 Å². The molecule has 1 atom stereocenters. The van der Waals surface area contributed by atoms with E-state index in [2.05, 4.69) is 0 Å². The highest BCUT2D eigenvalue weighted by Crippen LogP contribution is 2.20. The second-order valence-electron chi connectivity index (χ2n) is 2.64. The molecule has 3 nitrogen and oxygen atoms in total. The van der Waals surface area contributed by atoms with Gasteiger partial charge in [-0.05, 0) is 12.1 Å². The predicted octanol–water partition coefficient (Wildman–Crippen LogP) is 1.87. The van der Waals surface area contributed by atoms with E-state index >= 15 is 0 Å². The summed E-state index contributed by atoms with van der Waals surface area (Å²) >= 11 is 0. The molecule has 1 N–H and O–H groups in total. The first kappa shape index (κ1) is 9.98. The monoisotopic (exact) mass is 203 g/mol. The largest absolute Gasteiger partial charge is 0.497 e. The van der Waals surface area contributed by atoms with E-state index in [4.69, 9.17) is 9.52 Å². The summed E-state index contributed by atoms with van der Waals surface area (Å²) in [7, 11) is -1.57. The summed E-state index contributed by atoms with van der Waals surface area (Å²) in [5, 5.41) is 0. The van der Waals surface area contributed by atoms with E-state index in [9.17, 15) is 8.60 Å². The Labute approximate surface area is 76.5 Å². The zero-order valence-electron chi connectivity index (χ0n) is 7.33. The third kappa shape index (κ3) is 2.18. The molecule has 0 aromatic heterocycles. The lowest BCUT2D eigenvalue weighted by Gasteiger charge is -2.04. The van der Waals surface area contributed by atoms with Crippen molar-refractivity contribution in [2.75, 3.05) is 13.4 Å². The molecule has 0 aliphatic carbocycles. The van der Waals surface area contributed by atoms with Crippen molar-refractivity contribution in [2.24, 2.45) is 0 Å². The van der Waals surface area contributed by atoms with Gasteiger partial charge in [0.05, 0.1) is 21.7 Å². The molecule has 0 aliphatic heterocycles. The third-order valence-electron chi connectivity index (χ3n) is 1.56. The second kappa shape index (κ2) is 3.33. The van der Waals surface area contributed by atoms with E-state index in [1.54, 1.807) is 0 Å². The van der Waals surface area contributed by atoms with Gasteiger partial charge in [0.25, 0.3) is 0 Å². The molecular weight excluding hydrogens is 193 g/mol. The Morgan fingerprint density at radius 2 is 2.15 bits per heavy atom. The summed E-state index contributed by atoms with van der Waals surface area (Å²) in [5.41, 5.74) is 0. The van der Waals surface area contributed by atoms with Crippen LogP contribution in [0.5, 0.6) is 5.75 Å². The molecule has 0 radical (unpaired) electrons. The summed E-state index contributed by atoms with van der Waals surface area (Å²) in [6, 6.07) is 3.91. The zero-order valence-corrected chi connectivity index (χ0v) is 8.15. The van der Waals surface area contributed by atoms with E-state index in [0.29, 0.717) is 5.75 Å². The molecule has 0 heterocycles. The van der Waals surface area contributed by atoms with Crippen LogP contribution in [0.1, 0.15) is 0 Å². The van der Waals surface area contributed by atoms with Gasteiger partial charge in [-0.1, -0.05) is 0 Å². The predicted molar refractivity (Wildman–Crippen MR) is 48.0 cm³/mol. The van der Waals surface area contributed by atoms with E-state index in [-0.39, 0.29) is 4.90 Å². The molecule has 0 fully saturated rings. The van der Waals surface area contributed by atoms with Crippen molar-refractivity contribution in [1.82, 2.24) is 0 Å². The number of methoxy groups -OCH3 is 1. The normalized spacial score (nSPS) is 15.0. The van der Waals surface area contributed by atoms with Crippen LogP contribution in [0.3, 0.4) is 0 Å². The zero-order chi connectivity index (χ0) is 10.1. The third-order valence-corrected chi connectivity index (χ3v) is 2.73. The summed E-state index contributed by atoms with van der Waals surface area (Å²) in [6.07, 6.45) is 1.18. The molecule has 1 unspecified atom stereocenters. The number of benzene rings is 1. The lowest BCUT2D eigenvalue weighted by atomic mass is 10.3. The Bertz CT molecular complexity index is 414. The van der Waals surface area contributed by atoms with Gasteiger partial charge in [0.15, 0.2) is 0 Å². The summed E-state index contributed by atoms with van der Waals surface area (Å²) in [5.74, 6) is -0.313. The fraction of sp³-hybridized carbons (Fsp3) is 0.250. The van der Waals surface area contributed by atoms with Crippen molar-refractivity contribution in [2.45, 2.75) is 4.90 Å². The maximum atomic E-state index is 13.2. The first-order chi connectivity index (χ1) is 5.95. The van der Waals surface area contributed by atoms with Gasteiger partial charge in [-0.15, -0.1) is 0 Å². The molecule has 72 valence electrons. The quantitative estimate of drug-likeness (QED) is 0.797. The average Bonchev–Trinajstić information content (AvgIpc) is 2.01. The lowest BCUT2D eigenvalue weighted by Crippen LogP contribution is -1.99. The topological polar surface area (TPSA) is 50.1 Å². The van der Waals surface area contributed by atoms with Crippen LogP contribution in [0.2, 0.25) is 0 Å². The molecular formula is C8H10FNO2S. The highest BCUT2D eigenvalue weighted by Gasteiger charge is 2.10. The molecule has 0 amide bonds. The van der Waals surface area contributed by atoms with Gasteiger partial charge in [-0.3, -0.25) is 0 Å². The Morgan fingerprint density at radius 3 is 2.54 bits per heavy atom. The minimum absolute atomic E-state index is 0.0895. The number of hydrogen-bond donors (Lipinski definition) is 1. The molecule has 1 aromatic carbocycles. The molecule has 5 heteroatoms. The van der Waals surface area contributed by atoms with Crippen LogP contribution < -0.4 is 4.74 Å². The maximum Gasteiger partial charge on any atom is 0.143 e. The van der Waals surface area contributed by atoms with Crippen molar-refractivity contribution in [3.05, 3.63) is 24.0 Å². The summed E-state index contributed by atoms with van der Waals surface area (Å²) in [6.45, 7) is 0. The van der Waals surface area contributed by atoms with Crippen molar-refractivity contribution in [1.29, 1.82) is 4.78 Å². The number of rotatable bonds is 2. The summed E-state index contributed by atoms with van der Waals surface area (Å²) < 4.78 is 36.3. The molecule has 0 bridgehead atoms. The summed E-state index contributed by atoms with van der Waals surface area (Å²) in [4.78, 5) is -0.0895.